The molecule has 1 saturated carbocycles. The molecule has 5 rings (SSSR count). The summed E-state index contributed by atoms with van der Waals surface area (Å²) in [6.45, 7) is 1.79. The Morgan fingerprint density at radius 3 is 2.62 bits per heavy atom. The van der Waals surface area contributed by atoms with E-state index in [1.54, 1.807) is 37.5 Å². The normalized spacial score (nSPS) is 18.4. The first-order valence-corrected chi connectivity index (χ1v) is 11.7. The SMILES string of the molecule is C[C@H](Nc1cccc(C(=O)NC2CC2)c1)C(=O)N1N=C(c2ccc(Cl)cc2)C[C@H]1c1ccco1. The summed E-state index contributed by atoms with van der Waals surface area (Å²) in [4.78, 5) is 25.9. The van der Waals surface area contributed by atoms with E-state index in [4.69, 9.17) is 16.0 Å². The van der Waals surface area contributed by atoms with Gasteiger partial charge in [0.05, 0.1) is 12.0 Å². The van der Waals surface area contributed by atoms with Crippen LogP contribution in [0.2, 0.25) is 5.02 Å². The smallest absolute Gasteiger partial charge is 0.265 e. The topological polar surface area (TPSA) is 86.9 Å². The summed E-state index contributed by atoms with van der Waals surface area (Å²) in [5.41, 5.74) is 2.96. The number of benzene rings is 2. The van der Waals surface area contributed by atoms with Gasteiger partial charge >= 0.3 is 0 Å². The van der Waals surface area contributed by atoms with Crippen molar-refractivity contribution in [3.63, 3.8) is 0 Å². The van der Waals surface area contributed by atoms with Crippen molar-refractivity contribution in [1.82, 2.24) is 10.3 Å². The van der Waals surface area contributed by atoms with Crippen LogP contribution in [0, 0.1) is 0 Å². The molecule has 0 spiro atoms. The minimum atomic E-state index is -0.576. The maximum atomic E-state index is 13.5. The maximum absolute atomic E-state index is 13.5. The highest BCUT2D eigenvalue weighted by molar-refractivity contribution is 6.30. The lowest BCUT2D eigenvalue weighted by Crippen LogP contribution is -2.38. The van der Waals surface area contributed by atoms with Crippen LogP contribution >= 0.6 is 11.6 Å². The molecule has 2 N–H and O–H groups in total. The van der Waals surface area contributed by atoms with Crippen molar-refractivity contribution in [3.05, 3.63) is 88.8 Å². The summed E-state index contributed by atoms with van der Waals surface area (Å²) in [5, 5.41) is 13.0. The fraction of sp³-hybridized carbons (Fsp3) is 0.269. The van der Waals surface area contributed by atoms with Crippen molar-refractivity contribution in [2.75, 3.05) is 5.32 Å². The summed E-state index contributed by atoms with van der Waals surface area (Å²) in [5.74, 6) is 0.380. The van der Waals surface area contributed by atoms with Crippen LogP contribution in [-0.2, 0) is 4.79 Å². The molecule has 174 valence electrons. The first-order chi connectivity index (χ1) is 16.5. The first kappa shape index (κ1) is 22.2. The number of hydrogen-bond donors (Lipinski definition) is 2. The van der Waals surface area contributed by atoms with Gasteiger partial charge in [-0.1, -0.05) is 29.8 Å². The molecule has 2 amide bonds. The van der Waals surface area contributed by atoms with Gasteiger partial charge in [0.2, 0.25) is 0 Å². The molecule has 1 fully saturated rings. The summed E-state index contributed by atoms with van der Waals surface area (Å²) >= 11 is 6.03. The number of hydrazone groups is 1. The Morgan fingerprint density at radius 1 is 1.12 bits per heavy atom. The number of nitrogens with one attached hydrogen (secondary N) is 2. The van der Waals surface area contributed by atoms with E-state index in [2.05, 4.69) is 15.7 Å². The number of halogens is 1. The summed E-state index contributed by atoms with van der Waals surface area (Å²) in [7, 11) is 0. The van der Waals surface area contributed by atoms with Gasteiger partial charge in [-0.25, -0.2) is 5.01 Å². The van der Waals surface area contributed by atoms with Crippen LogP contribution in [0.15, 0.2) is 76.4 Å². The number of rotatable bonds is 7. The van der Waals surface area contributed by atoms with Gasteiger partial charge in [0.1, 0.15) is 17.8 Å². The monoisotopic (exact) mass is 476 g/mol. The lowest BCUT2D eigenvalue weighted by molar-refractivity contribution is -0.133. The van der Waals surface area contributed by atoms with Gasteiger partial charge in [-0.2, -0.15) is 5.10 Å². The first-order valence-electron chi connectivity index (χ1n) is 11.4. The molecule has 2 aliphatic rings. The number of amides is 2. The predicted molar refractivity (Wildman–Crippen MR) is 131 cm³/mol. The van der Waals surface area contributed by atoms with Gasteiger partial charge in [-0.15, -0.1) is 0 Å². The second kappa shape index (κ2) is 9.35. The molecule has 0 bridgehead atoms. The molecule has 8 heteroatoms. The molecule has 7 nitrogen and oxygen atoms in total. The highest BCUT2D eigenvalue weighted by atomic mass is 35.5. The molecule has 34 heavy (non-hydrogen) atoms. The molecule has 2 atom stereocenters. The molecular weight excluding hydrogens is 452 g/mol. The number of hydrogen-bond acceptors (Lipinski definition) is 5. The van der Waals surface area contributed by atoms with Gasteiger partial charge < -0.3 is 15.1 Å². The van der Waals surface area contributed by atoms with Crippen LogP contribution in [-0.4, -0.2) is 34.6 Å². The van der Waals surface area contributed by atoms with Crippen LogP contribution in [0.3, 0.4) is 0 Å². The van der Waals surface area contributed by atoms with E-state index in [0.29, 0.717) is 28.5 Å². The fourth-order valence-corrected chi connectivity index (χ4v) is 4.12. The number of nitrogens with zero attached hydrogens (tertiary/aromatic N) is 2. The van der Waals surface area contributed by atoms with Crippen LogP contribution in [0.1, 0.15) is 53.9 Å². The van der Waals surface area contributed by atoms with Gasteiger partial charge in [0.15, 0.2) is 0 Å². The number of furan rings is 1. The third-order valence-corrected chi connectivity index (χ3v) is 6.23. The van der Waals surface area contributed by atoms with E-state index in [0.717, 1.165) is 24.1 Å². The third-order valence-electron chi connectivity index (χ3n) is 5.98. The predicted octanol–water partition coefficient (Wildman–Crippen LogP) is 5.00. The van der Waals surface area contributed by atoms with Crippen LogP contribution in [0.4, 0.5) is 5.69 Å². The molecule has 0 saturated heterocycles. The van der Waals surface area contributed by atoms with Crippen LogP contribution in [0.5, 0.6) is 0 Å². The molecule has 1 aromatic heterocycles. The zero-order valence-corrected chi connectivity index (χ0v) is 19.5. The Morgan fingerprint density at radius 2 is 1.91 bits per heavy atom. The molecule has 0 unspecified atom stereocenters. The van der Waals surface area contributed by atoms with E-state index in [9.17, 15) is 9.59 Å². The quantitative estimate of drug-likeness (QED) is 0.502. The minimum absolute atomic E-state index is 0.0974. The molecular formula is C26H25ClN4O3. The highest BCUT2D eigenvalue weighted by Gasteiger charge is 2.36. The van der Waals surface area contributed by atoms with Crippen molar-refractivity contribution < 1.29 is 14.0 Å². The fourth-order valence-electron chi connectivity index (χ4n) is 3.99. The van der Waals surface area contributed by atoms with Crippen LogP contribution in [0.25, 0.3) is 0 Å². The summed E-state index contributed by atoms with van der Waals surface area (Å²) < 4.78 is 5.62. The van der Waals surface area contributed by atoms with Crippen molar-refractivity contribution in [1.29, 1.82) is 0 Å². The molecule has 2 aromatic carbocycles. The Bertz CT molecular complexity index is 1220. The van der Waals surface area contributed by atoms with Crippen LogP contribution < -0.4 is 10.6 Å². The van der Waals surface area contributed by atoms with E-state index >= 15 is 0 Å². The summed E-state index contributed by atoms with van der Waals surface area (Å²) in [6.07, 6.45) is 4.18. The molecule has 0 radical (unpaired) electrons. The van der Waals surface area contributed by atoms with Gasteiger partial charge in [-0.05, 0) is 67.8 Å². The zero-order chi connectivity index (χ0) is 23.7. The lowest BCUT2D eigenvalue weighted by Gasteiger charge is -2.24. The second-order valence-electron chi connectivity index (χ2n) is 8.67. The standard InChI is InChI=1S/C26H25ClN4O3/c1-16(28-21-5-2-4-18(14-21)25(32)29-20-11-12-20)26(33)31-23(24-6-3-13-34-24)15-22(30-31)17-7-9-19(27)10-8-17/h2-10,13-14,16,20,23,28H,11-12,15H2,1H3,(H,29,32)/t16-,23-/m0/s1. The average molecular weight is 477 g/mol. The van der Waals surface area contributed by atoms with Crippen molar-refractivity contribution in [2.45, 2.75) is 44.3 Å². The molecule has 1 aliphatic heterocycles. The van der Waals surface area contributed by atoms with Gasteiger partial charge in [-0.3, -0.25) is 9.59 Å². The van der Waals surface area contributed by atoms with E-state index in [1.165, 1.54) is 5.01 Å². The highest BCUT2D eigenvalue weighted by Crippen LogP contribution is 2.34. The number of carbonyl (C=O) groups is 2. The molecule has 2 heterocycles. The number of carbonyl (C=O) groups excluding carboxylic acids is 2. The third kappa shape index (κ3) is 4.84. The Hall–Kier alpha value is -3.58. The zero-order valence-electron chi connectivity index (χ0n) is 18.7. The van der Waals surface area contributed by atoms with Gasteiger partial charge in [0, 0.05) is 28.7 Å². The van der Waals surface area contributed by atoms with E-state index in [1.807, 2.05) is 36.4 Å². The Balaban J connectivity index is 1.34. The van der Waals surface area contributed by atoms with Gasteiger partial charge in [0.25, 0.3) is 11.8 Å². The molecule has 1 aliphatic carbocycles. The minimum Gasteiger partial charge on any atom is -0.467 e. The average Bonchev–Trinajstić information content (AvgIpc) is 3.31. The van der Waals surface area contributed by atoms with Crippen molar-refractivity contribution >= 4 is 34.8 Å². The Kier molecular flexibility index (Phi) is 6.11. The lowest BCUT2D eigenvalue weighted by atomic mass is 10.0. The van der Waals surface area contributed by atoms with E-state index < -0.39 is 6.04 Å². The summed E-state index contributed by atoms with van der Waals surface area (Å²) in [6, 6.07) is 17.6. The number of anilines is 1. The largest absolute Gasteiger partial charge is 0.467 e. The van der Waals surface area contributed by atoms with Crippen molar-refractivity contribution in [3.8, 4) is 0 Å². The Labute approximate surface area is 202 Å². The maximum Gasteiger partial charge on any atom is 0.265 e. The second-order valence-corrected chi connectivity index (χ2v) is 9.10. The van der Waals surface area contributed by atoms with Crippen molar-refractivity contribution in [2.24, 2.45) is 5.10 Å². The van der Waals surface area contributed by atoms with E-state index in [-0.39, 0.29) is 23.9 Å². The molecule has 3 aromatic rings.